The van der Waals surface area contributed by atoms with Gasteiger partial charge in [-0.3, -0.25) is 9.59 Å². The lowest BCUT2D eigenvalue weighted by molar-refractivity contribution is -0.177. The molecule has 4 heteroatoms. The molecule has 0 amide bonds. The highest BCUT2D eigenvalue weighted by Gasteiger charge is 2.43. The summed E-state index contributed by atoms with van der Waals surface area (Å²) in [5.74, 6) is -0.372. The van der Waals surface area contributed by atoms with Gasteiger partial charge < -0.3 is 4.74 Å². The summed E-state index contributed by atoms with van der Waals surface area (Å²) >= 11 is 0. The maximum absolute atomic E-state index is 11.8. The molecule has 0 saturated carbocycles. The number of nitrogens with zero attached hydrogens (tertiary/aromatic N) is 1. The van der Waals surface area contributed by atoms with Gasteiger partial charge in [-0.1, -0.05) is 26.0 Å². The fraction of sp³-hybridized carbons (Fsp3) is 0.471. The van der Waals surface area contributed by atoms with E-state index in [4.69, 9.17) is 10.00 Å². The first kappa shape index (κ1) is 15.2. The van der Waals surface area contributed by atoms with E-state index in [2.05, 4.69) is 6.07 Å². The largest absolute Gasteiger partial charge is 0.458 e. The first-order valence-electron chi connectivity index (χ1n) is 7.18. The summed E-state index contributed by atoms with van der Waals surface area (Å²) in [6.45, 7) is 3.95. The van der Waals surface area contributed by atoms with Crippen molar-refractivity contribution < 1.29 is 14.3 Å². The standard InChI is InChI=1S/C17H19NO3/c1-12(2)17(10-15(19)9-16(20)21-17)8-7-13-3-5-14(11-18)6-4-13/h3-6,12H,7-10H2,1-2H3. The Kier molecular flexibility index (Phi) is 4.42. The van der Waals surface area contributed by atoms with E-state index in [-0.39, 0.29) is 18.1 Å². The van der Waals surface area contributed by atoms with Crippen molar-refractivity contribution in [3.8, 4) is 6.07 Å². The maximum atomic E-state index is 11.8. The number of benzene rings is 1. The Balaban J connectivity index is 2.11. The van der Waals surface area contributed by atoms with Gasteiger partial charge in [-0.05, 0) is 36.5 Å². The van der Waals surface area contributed by atoms with E-state index in [1.807, 2.05) is 26.0 Å². The van der Waals surface area contributed by atoms with Gasteiger partial charge in [0.05, 0.1) is 11.6 Å². The lowest BCUT2D eigenvalue weighted by atomic mass is 9.78. The summed E-state index contributed by atoms with van der Waals surface area (Å²) < 4.78 is 5.56. The molecule has 4 nitrogen and oxygen atoms in total. The molecule has 0 aliphatic carbocycles. The highest BCUT2D eigenvalue weighted by molar-refractivity contribution is 5.98. The molecule has 1 fully saturated rings. The first-order chi connectivity index (χ1) is 9.95. The number of ether oxygens (including phenoxy) is 1. The predicted octanol–water partition coefficient (Wildman–Crippen LogP) is 2.79. The van der Waals surface area contributed by atoms with E-state index in [1.54, 1.807) is 12.1 Å². The first-order valence-corrected chi connectivity index (χ1v) is 7.18. The molecule has 21 heavy (non-hydrogen) atoms. The van der Waals surface area contributed by atoms with Crippen molar-refractivity contribution in [2.45, 2.75) is 45.1 Å². The minimum absolute atomic E-state index is 0.0419. The quantitative estimate of drug-likeness (QED) is 0.630. The maximum Gasteiger partial charge on any atom is 0.313 e. The molecule has 0 radical (unpaired) electrons. The molecule has 1 aliphatic heterocycles. The Hall–Kier alpha value is -2.15. The van der Waals surface area contributed by atoms with Crippen molar-refractivity contribution in [1.29, 1.82) is 5.26 Å². The average Bonchev–Trinajstić information content (AvgIpc) is 2.44. The van der Waals surface area contributed by atoms with Crippen LogP contribution in [0.25, 0.3) is 0 Å². The summed E-state index contributed by atoms with van der Waals surface area (Å²) in [5, 5.41) is 8.79. The van der Waals surface area contributed by atoms with E-state index in [0.717, 1.165) is 5.56 Å². The number of hydrogen-bond donors (Lipinski definition) is 0. The molecular weight excluding hydrogens is 266 g/mol. The molecule has 110 valence electrons. The molecule has 1 aliphatic rings. The minimum atomic E-state index is -0.694. The van der Waals surface area contributed by atoms with Crippen LogP contribution in [-0.4, -0.2) is 17.4 Å². The average molecular weight is 285 g/mol. The molecule has 0 spiro atoms. The third-order valence-electron chi connectivity index (χ3n) is 4.13. The molecule has 1 saturated heterocycles. The second-order valence-electron chi connectivity index (χ2n) is 5.89. The summed E-state index contributed by atoms with van der Waals surface area (Å²) in [4.78, 5) is 23.4. The normalized spacial score (nSPS) is 22.0. The number of nitriles is 1. The van der Waals surface area contributed by atoms with Crippen LogP contribution in [0.15, 0.2) is 24.3 Å². The smallest absolute Gasteiger partial charge is 0.313 e. The fourth-order valence-electron chi connectivity index (χ4n) is 2.71. The van der Waals surface area contributed by atoms with Crippen LogP contribution in [0.2, 0.25) is 0 Å². The van der Waals surface area contributed by atoms with Crippen LogP contribution in [0.3, 0.4) is 0 Å². The molecule has 2 rings (SSSR count). The number of esters is 1. The molecular formula is C17H19NO3. The van der Waals surface area contributed by atoms with Crippen molar-refractivity contribution in [2.24, 2.45) is 5.92 Å². The predicted molar refractivity (Wildman–Crippen MR) is 77.4 cm³/mol. The van der Waals surface area contributed by atoms with Crippen LogP contribution in [0.4, 0.5) is 0 Å². The Bertz CT molecular complexity index is 565. The number of cyclic esters (lactones) is 1. The number of rotatable bonds is 4. The van der Waals surface area contributed by atoms with Crippen molar-refractivity contribution in [1.82, 2.24) is 0 Å². The topological polar surface area (TPSA) is 67.2 Å². The van der Waals surface area contributed by atoms with Crippen LogP contribution in [0, 0.1) is 17.2 Å². The van der Waals surface area contributed by atoms with Crippen molar-refractivity contribution in [2.75, 3.05) is 0 Å². The van der Waals surface area contributed by atoms with Gasteiger partial charge in [0.2, 0.25) is 0 Å². The molecule has 1 atom stereocenters. The van der Waals surface area contributed by atoms with Gasteiger partial charge in [0, 0.05) is 6.42 Å². The highest BCUT2D eigenvalue weighted by Crippen LogP contribution is 2.35. The molecule has 0 bridgehead atoms. The third kappa shape index (κ3) is 3.49. The lowest BCUT2D eigenvalue weighted by Crippen LogP contribution is -2.47. The highest BCUT2D eigenvalue weighted by atomic mass is 16.6. The van der Waals surface area contributed by atoms with Crippen LogP contribution >= 0.6 is 0 Å². The lowest BCUT2D eigenvalue weighted by Gasteiger charge is -2.39. The van der Waals surface area contributed by atoms with Gasteiger partial charge in [0.25, 0.3) is 0 Å². The van der Waals surface area contributed by atoms with Crippen molar-refractivity contribution >= 4 is 11.8 Å². The monoisotopic (exact) mass is 285 g/mol. The van der Waals surface area contributed by atoms with E-state index in [9.17, 15) is 9.59 Å². The molecule has 1 unspecified atom stereocenters. The van der Waals surface area contributed by atoms with E-state index < -0.39 is 11.6 Å². The second-order valence-corrected chi connectivity index (χ2v) is 5.89. The number of carbonyl (C=O) groups is 2. The molecule has 1 aromatic rings. The molecule has 0 N–H and O–H groups in total. The van der Waals surface area contributed by atoms with Crippen LogP contribution in [0.5, 0.6) is 0 Å². The van der Waals surface area contributed by atoms with E-state index in [1.165, 1.54) is 0 Å². The number of aryl methyl sites for hydroxylation is 1. The Morgan fingerprint density at radius 1 is 1.29 bits per heavy atom. The fourth-order valence-corrected chi connectivity index (χ4v) is 2.71. The molecule has 0 aromatic heterocycles. The van der Waals surface area contributed by atoms with Crippen molar-refractivity contribution in [3.05, 3.63) is 35.4 Å². The Labute approximate surface area is 124 Å². The van der Waals surface area contributed by atoms with E-state index in [0.29, 0.717) is 24.8 Å². The van der Waals surface area contributed by atoms with Crippen LogP contribution < -0.4 is 0 Å². The summed E-state index contributed by atoms with van der Waals surface area (Å²) in [7, 11) is 0. The Morgan fingerprint density at radius 3 is 2.48 bits per heavy atom. The zero-order chi connectivity index (χ0) is 15.5. The van der Waals surface area contributed by atoms with Gasteiger partial charge in [-0.2, -0.15) is 5.26 Å². The zero-order valence-electron chi connectivity index (χ0n) is 12.4. The van der Waals surface area contributed by atoms with Gasteiger partial charge in [0.1, 0.15) is 17.8 Å². The number of hydrogen-bond acceptors (Lipinski definition) is 4. The zero-order valence-corrected chi connectivity index (χ0v) is 12.4. The minimum Gasteiger partial charge on any atom is -0.458 e. The van der Waals surface area contributed by atoms with Gasteiger partial charge >= 0.3 is 5.97 Å². The van der Waals surface area contributed by atoms with Crippen LogP contribution in [0.1, 0.15) is 44.2 Å². The third-order valence-corrected chi connectivity index (χ3v) is 4.13. The van der Waals surface area contributed by atoms with E-state index >= 15 is 0 Å². The second kappa shape index (κ2) is 6.09. The van der Waals surface area contributed by atoms with Crippen molar-refractivity contribution in [3.63, 3.8) is 0 Å². The van der Waals surface area contributed by atoms with Crippen LogP contribution in [-0.2, 0) is 20.7 Å². The number of carbonyl (C=O) groups excluding carboxylic acids is 2. The summed E-state index contributed by atoms with van der Waals surface area (Å²) in [5.41, 5.74) is 1.00. The molecule has 1 aromatic carbocycles. The summed E-state index contributed by atoms with van der Waals surface area (Å²) in [6.07, 6.45) is 1.52. The molecule has 1 heterocycles. The summed E-state index contributed by atoms with van der Waals surface area (Å²) in [6, 6.07) is 9.43. The van der Waals surface area contributed by atoms with Gasteiger partial charge in [-0.25, -0.2) is 0 Å². The number of Topliss-reactive ketones (excluding diaryl/α,β-unsaturated/α-hetero) is 1. The SMILES string of the molecule is CC(C)C1(CCc2ccc(C#N)cc2)CC(=O)CC(=O)O1. The van der Waals surface area contributed by atoms with Gasteiger partial charge in [0.15, 0.2) is 0 Å². The number of ketones is 1. The van der Waals surface area contributed by atoms with Gasteiger partial charge in [-0.15, -0.1) is 0 Å². The Morgan fingerprint density at radius 2 is 1.95 bits per heavy atom.